The Labute approximate surface area is 121 Å². The number of rotatable bonds is 6. The van der Waals surface area contributed by atoms with Gasteiger partial charge in [0.1, 0.15) is 0 Å². The highest BCUT2D eigenvalue weighted by molar-refractivity contribution is 5.97. The molecule has 114 valence electrons. The topological polar surface area (TPSA) is 73.8 Å². The molecule has 0 saturated carbocycles. The minimum Gasteiger partial charge on any atom is -0.357 e. The maximum atomic E-state index is 11.7. The van der Waals surface area contributed by atoms with Gasteiger partial charge in [0.2, 0.25) is 11.8 Å². The van der Waals surface area contributed by atoms with Gasteiger partial charge >= 0.3 is 0 Å². The molecule has 0 aromatic carbocycles. The highest BCUT2D eigenvalue weighted by atomic mass is 16.2. The molecule has 0 spiro atoms. The summed E-state index contributed by atoms with van der Waals surface area (Å²) in [4.78, 5) is 29.1. The van der Waals surface area contributed by atoms with E-state index in [0.29, 0.717) is 38.3 Å². The quantitative estimate of drug-likeness (QED) is 0.428. The summed E-state index contributed by atoms with van der Waals surface area (Å²) in [6, 6.07) is 0. The van der Waals surface area contributed by atoms with E-state index in [1.54, 1.807) is 0 Å². The lowest BCUT2D eigenvalue weighted by molar-refractivity contribution is -0.147. The predicted octanol–water partition coefficient (Wildman–Crippen LogP) is 0.737. The summed E-state index contributed by atoms with van der Waals surface area (Å²) < 4.78 is 0. The fraction of sp³-hybridized carbons (Fsp3) is 0.786. The number of carbonyl (C=O) groups is 2. The predicted molar refractivity (Wildman–Crippen MR) is 79.4 cm³/mol. The highest BCUT2D eigenvalue weighted by Gasteiger charge is 2.25. The first-order valence-corrected chi connectivity index (χ1v) is 7.40. The van der Waals surface area contributed by atoms with Gasteiger partial charge < -0.3 is 10.6 Å². The Hall–Kier alpha value is -1.59. The number of aliphatic imine (C=N–C) groups is 1. The van der Waals surface area contributed by atoms with E-state index in [1.807, 2.05) is 6.92 Å². The molecule has 0 atom stereocenters. The number of hydrogen-bond donors (Lipinski definition) is 2. The number of nitrogens with one attached hydrogen (secondary N) is 2. The number of nitrogens with zero attached hydrogens (tertiary/aromatic N) is 2. The fourth-order valence-electron chi connectivity index (χ4n) is 1.95. The van der Waals surface area contributed by atoms with Gasteiger partial charge in [-0.25, -0.2) is 0 Å². The van der Waals surface area contributed by atoms with Crippen LogP contribution in [0.5, 0.6) is 0 Å². The van der Waals surface area contributed by atoms with Gasteiger partial charge in [-0.3, -0.25) is 19.5 Å². The number of likely N-dealkylation sites (tertiary alicyclic amines) is 1. The Balaban J connectivity index is 2.41. The maximum Gasteiger partial charge on any atom is 0.229 e. The third-order valence-electron chi connectivity index (χ3n) is 2.97. The molecular weight excluding hydrogens is 256 g/mol. The molecule has 0 bridgehead atoms. The Morgan fingerprint density at radius 3 is 2.45 bits per heavy atom. The van der Waals surface area contributed by atoms with E-state index < -0.39 is 0 Å². The molecule has 0 aromatic heterocycles. The molecule has 1 heterocycles. The third kappa shape index (κ3) is 5.59. The van der Waals surface area contributed by atoms with Crippen LogP contribution in [0.15, 0.2) is 4.99 Å². The van der Waals surface area contributed by atoms with Gasteiger partial charge in [0.05, 0.1) is 0 Å². The van der Waals surface area contributed by atoms with Crippen molar-refractivity contribution in [2.24, 2.45) is 10.9 Å². The molecule has 1 aliphatic rings. The lowest BCUT2D eigenvalue weighted by Crippen LogP contribution is -2.46. The number of imide groups is 1. The van der Waals surface area contributed by atoms with E-state index in [9.17, 15) is 9.59 Å². The molecule has 0 radical (unpaired) electrons. The van der Waals surface area contributed by atoms with Crippen molar-refractivity contribution in [2.75, 3.05) is 26.2 Å². The number of piperidine rings is 1. The molecule has 0 aromatic rings. The summed E-state index contributed by atoms with van der Waals surface area (Å²) in [5.41, 5.74) is 0. The molecule has 2 amide bonds. The monoisotopic (exact) mass is 282 g/mol. The minimum atomic E-state index is -0.0628. The lowest BCUT2D eigenvalue weighted by atomic mass is 10.1. The normalized spacial score (nSPS) is 16.8. The summed E-state index contributed by atoms with van der Waals surface area (Å²) >= 11 is 0. The fourth-order valence-corrected chi connectivity index (χ4v) is 1.95. The Kier molecular flexibility index (Phi) is 7.04. The number of amides is 2. The van der Waals surface area contributed by atoms with Crippen LogP contribution in [-0.4, -0.2) is 48.9 Å². The van der Waals surface area contributed by atoms with Gasteiger partial charge in [0, 0.05) is 39.0 Å². The second kappa shape index (κ2) is 8.55. The Bertz CT molecular complexity index is 350. The summed E-state index contributed by atoms with van der Waals surface area (Å²) in [6.07, 6.45) is 1.64. The van der Waals surface area contributed by atoms with Crippen molar-refractivity contribution in [1.82, 2.24) is 15.5 Å². The molecule has 20 heavy (non-hydrogen) atoms. The Morgan fingerprint density at radius 1 is 1.25 bits per heavy atom. The number of guanidine groups is 1. The second-order valence-electron chi connectivity index (χ2n) is 5.33. The second-order valence-corrected chi connectivity index (χ2v) is 5.33. The van der Waals surface area contributed by atoms with Crippen molar-refractivity contribution in [3.05, 3.63) is 0 Å². The van der Waals surface area contributed by atoms with Crippen molar-refractivity contribution >= 4 is 17.8 Å². The van der Waals surface area contributed by atoms with Gasteiger partial charge in [-0.1, -0.05) is 13.8 Å². The molecular formula is C14H26N4O2. The van der Waals surface area contributed by atoms with Gasteiger partial charge in [0.15, 0.2) is 5.96 Å². The first-order chi connectivity index (χ1) is 9.54. The van der Waals surface area contributed by atoms with Crippen LogP contribution >= 0.6 is 0 Å². The third-order valence-corrected chi connectivity index (χ3v) is 2.97. The summed E-state index contributed by atoms with van der Waals surface area (Å²) in [5, 5.41) is 6.31. The van der Waals surface area contributed by atoms with Crippen molar-refractivity contribution in [3.63, 3.8) is 0 Å². The van der Waals surface area contributed by atoms with Crippen LogP contribution in [0.2, 0.25) is 0 Å². The number of carbonyl (C=O) groups excluding carboxylic acids is 2. The van der Waals surface area contributed by atoms with Crippen LogP contribution in [0.1, 0.15) is 40.0 Å². The van der Waals surface area contributed by atoms with Gasteiger partial charge in [0.25, 0.3) is 0 Å². The maximum absolute atomic E-state index is 11.7. The molecule has 1 aliphatic heterocycles. The van der Waals surface area contributed by atoms with E-state index in [-0.39, 0.29) is 11.8 Å². The van der Waals surface area contributed by atoms with Crippen LogP contribution in [0.4, 0.5) is 0 Å². The largest absolute Gasteiger partial charge is 0.357 e. The van der Waals surface area contributed by atoms with E-state index in [1.165, 1.54) is 4.90 Å². The smallest absolute Gasteiger partial charge is 0.229 e. The molecule has 0 aliphatic carbocycles. The van der Waals surface area contributed by atoms with Crippen LogP contribution in [0, 0.1) is 5.92 Å². The van der Waals surface area contributed by atoms with Crippen molar-refractivity contribution < 1.29 is 9.59 Å². The molecule has 0 unspecified atom stereocenters. The average molecular weight is 282 g/mol. The first-order valence-electron chi connectivity index (χ1n) is 7.40. The summed E-state index contributed by atoms with van der Waals surface area (Å²) in [5.74, 6) is 1.10. The lowest BCUT2D eigenvalue weighted by Gasteiger charge is -2.25. The van der Waals surface area contributed by atoms with Crippen LogP contribution < -0.4 is 10.6 Å². The molecule has 6 nitrogen and oxygen atoms in total. The van der Waals surface area contributed by atoms with E-state index >= 15 is 0 Å². The average Bonchev–Trinajstić information content (AvgIpc) is 2.39. The van der Waals surface area contributed by atoms with Crippen molar-refractivity contribution in [3.8, 4) is 0 Å². The van der Waals surface area contributed by atoms with Gasteiger partial charge in [-0.2, -0.15) is 0 Å². The molecule has 2 N–H and O–H groups in total. The molecule has 1 rings (SSSR count). The minimum absolute atomic E-state index is 0.0628. The van der Waals surface area contributed by atoms with Gasteiger partial charge in [-0.15, -0.1) is 0 Å². The zero-order chi connectivity index (χ0) is 15.0. The van der Waals surface area contributed by atoms with Crippen LogP contribution in [0.3, 0.4) is 0 Å². The molecule has 1 saturated heterocycles. The van der Waals surface area contributed by atoms with Crippen molar-refractivity contribution in [2.45, 2.75) is 40.0 Å². The SMILES string of the molecule is CCNC(=NCC(C)C)NCCN1C(=O)CCCC1=O. The Morgan fingerprint density at radius 2 is 1.90 bits per heavy atom. The van der Waals surface area contributed by atoms with Crippen LogP contribution in [0.25, 0.3) is 0 Å². The van der Waals surface area contributed by atoms with Gasteiger partial charge in [-0.05, 0) is 19.3 Å². The van der Waals surface area contributed by atoms with Crippen molar-refractivity contribution in [1.29, 1.82) is 0 Å². The summed E-state index contributed by atoms with van der Waals surface area (Å²) in [7, 11) is 0. The standard InChI is InChI=1S/C14H26N4O2/c1-4-15-14(17-10-11(2)3)16-8-9-18-12(19)6-5-7-13(18)20/h11H,4-10H2,1-3H3,(H2,15,16,17). The first kappa shape index (κ1) is 16.5. The van der Waals surface area contributed by atoms with Crippen LogP contribution in [-0.2, 0) is 9.59 Å². The van der Waals surface area contributed by atoms with E-state index in [0.717, 1.165) is 19.0 Å². The number of hydrogen-bond acceptors (Lipinski definition) is 3. The zero-order valence-corrected chi connectivity index (χ0v) is 12.7. The van der Waals surface area contributed by atoms with E-state index in [2.05, 4.69) is 29.5 Å². The zero-order valence-electron chi connectivity index (χ0n) is 12.7. The highest BCUT2D eigenvalue weighted by Crippen LogP contribution is 2.11. The molecule has 1 fully saturated rings. The summed E-state index contributed by atoms with van der Waals surface area (Å²) in [6.45, 7) is 8.69. The molecule has 6 heteroatoms. The van der Waals surface area contributed by atoms with E-state index in [4.69, 9.17) is 0 Å².